The Kier molecular flexibility index (Phi) is 2.74. The third kappa shape index (κ3) is 2.38. The molecule has 0 aromatic heterocycles. The van der Waals surface area contributed by atoms with Crippen LogP contribution < -0.4 is 0 Å². The van der Waals surface area contributed by atoms with Gasteiger partial charge in [0.1, 0.15) is 0 Å². The van der Waals surface area contributed by atoms with Gasteiger partial charge in [-0.1, -0.05) is 29.8 Å². The Morgan fingerprint density at radius 3 is 3.00 bits per heavy atom. The van der Waals surface area contributed by atoms with Gasteiger partial charge in [-0.25, -0.2) is 0 Å². The molecule has 1 saturated heterocycles. The molecule has 1 heteroatoms. The van der Waals surface area contributed by atoms with Gasteiger partial charge in [0.25, 0.3) is 0 Å². The molecule has 1 aliphatic rings. The third-order valence-electron chi connectivity index (χ3n) is 2.22. The maximum absolute atomic E-state index is 2.32. The molecule has 0 atom stereocenters. The predicted octanol–water partition coefficient (Wildman–Crippen LogP) is 3.86. The highest BCUT2D eigenvalue weighted by atomic mass is 32.2. The van der Waals surface area contributed by atoms with Crippen molar-refractivity contribution in [3.05, 3.63) is 40.3 Å². The average Bonchev–Trinajstić information content (AvgIpc) is 2.57. The molecule has 13 heavy (non-hydrogen) atoms. The van der Waals surface area contributed by atoms with Crippen LogP contribution in [0.5, 0.6) is 0 Å². The van der Waals surface area contributed by atoms with Crippen molar-refractivity contribution in [2.45, 2.75) is 19.8 Å². The fourth-order valence-corrected chi connectivity index (χ4v) is 2.64. The number of allylic oxidation sites excluding steroid dienone is 1. The Morgan fingerprint density at radius 1 is 1.38 bits per heavy atom. The van der Waals surface area contributed by atoms with Crippen LogP contribution in [0.15, 0.2) is 29.2 Å². The van der Waals surface area contributed by atoms with Crippen molar-refractivity contribution >= 4 is 17.8 Å². The van der Waals surface area contributed by atoms with Crippen LogP contribution >= 0.6 is 11.8 Å². The number of thioether (sulfide) groups is 1. The summed E-state index contributed by atoms with van der Waals surface area (Å²) in [7, 11) is 0. The van der Waals surface area contributed by atoms with E-state index in [9.17, 15) is 0 Å². The second kappa shape index (κ2) is 4.01. The summed E-state index contributed by atoms with van der Waals surface area (Å²) in [6, 6.07) is 8.69. The predicted molar refractivity (Wildman–Crippen MR) is 60.8 cm³/mol. The monoisotopic (exact) mass is 190 g/mol. The normalized spacial score (nSPS) is 19.6. The average molecular weight is 190 g/mol. The lowest BCUT2D eigenvalue weighted by Crippen LogP contribution is -1.75. The van der Waals surface area contributed by atoms with Gasteiger partial charge in [-0.3, -0.25) is 0 Å². The summed E-state index contributed by atoms with van der Waals surface area (Å²) < 4.78 is 0. The summed E-state index contributed by atoms with van der Waals surface area (Å²) >= 11 is 2.00. The molecule has 0 unspecified atom stereocenters. The molecule has 1 fully saturated rings. The smallest absolute Gasteiger partial charge is 0.00199 e. The van der Waals surface area contributed by atoms with E-state index < -0.39 is 0 Å². The fourth-order valence-electron chi connectivity index (χ4n) is 1.58. The number of rotatable bonds is 1. The maximum Gasteiger partial charge on any atom is -0.00199 e. The minimum atomic E-state index is 1.28. The molecule has 0 amide bonds. The highest BCUT2D eigenvalue weighted by Crippen LogP contribution is 2.31. The van der Waals surface area contributed by atoms with Crippen molar-refractivity contribution in [1.29, 1.82) is 0 Å². The van der Waals surface area contributed by atoms with Crippen molar-refractivity contribution in [3.63, 3.8) is 0 Å². The number of aryl methyl sites for hydroxylation is 1. The summed E-state index contributed by atoms with van der Waals surface area (Å²) in [6.45, 7) is 2.14. The Labute approximate surface area is 84.0 Å². The van der Waals surface area contributed by atoms with Gasteiger partial charge in [0.2, 0.25) is 0 Å². The van der Waals surface area contributed by atoms with Crippen LogP contribution in [-0.2, 0) is 0 Å². The first-order valence-corrected chi connectivity index (χ1v) is 5.73. The molecule has 0 spiro atoms. The zero-order valence-electron chi connectivity index (χ0n) is 7.92. The van der Waals surface area contributed by atoms with Crippen LogP contribution in [0.25, 0.3) is 6.08 Å². The molecule has 1 heterocycles. The summed E-state index contributed by atoms with van der Waals surface area (Å²) in [5.41, 5.74) is 2.70. The second-order valence-electron chi connectivity index (χ2n) is 3.48. The summed E-state index contributed by atoms with van der Waals surface area (Å²) in [4.78, 5) is 1.55. The number of benzene rings is 1. The van der Waals surface area contributed by atoms with E-state index in [1.54, 1.807) is 4.91 Å². The van der Waals surface area contributed by atoms with E-state index in [-0.39, 0.29) is 0 Å². The molecule has 0 saturated carbocycles. The zero-order chi connectivity index (χ0) is 9.10. The third-order valence-corrected chi connectivity index (χ3v) is 3.41. The van der Waals surface area contributed by atoms with Gasteiger partial charge in [0.05, 0.1) is 0 Å². The van der Waals surface area contributed by atoms with Gasteiger partial charge in [-0.2, -0.15) is 0 Å². The first-order chi connectivity index (χ1) is 6.34. The topological polar surface area (TPSA) is 0 Å². The SMILES string of the molecule is Cc1cccc(C=C2CCCS2)c1. The summed E-state index contributed by atoms with van der Waals surface area (Å²) in [5.74, 6) is 1.30. The standard InChI is InChI=1S/C12H14S/c1-10-4-2-5-11(8-10)9-12-6-3-7-13-12/h2,4-5,8-9H,3,6-7H2,1H3. The molecule has 2 rings (SSSR count). The van der Waals surface area contributed by atoms with Crippen LogP contribution in [0.4, 0.5) is 0 Å². The van der Waals surface area contributed by atoms with Crippen LogP contribution in [0.3, 0.4) is 0 Å². The maximum atomic E-state index is 2.32. The van der Waals surface area contributed by atoms with E-state index in [1.165, 1.54) is 29.7 Å². The highest BCUT2D eigenvalue weighted by Gasteiger charge is 2.06. The lowest BCUT2D eigenvalue weighted by Gasteiger charge is -1.97. The highest BCUT2D eigenvalue weighted by molar-refractivity contribution is 8.03. The van der Waals surface area contributed by atoms with Gasteiger partial charge in [0, 0.05) is 0 Å². The lowest BCUT2D eigenvalue weighted by molar-refractivity contribution is 0.999. The van der Waals surface area contributed by atoms with Gasteiger partial charge in [-0.05, 0) is 42.1 Å². The molecule has 1 aliphatic heterocycles. The summed E-state index contributed by atoms with van der Waals surface area (Å²) in [6.07, 6.45) is 4.95. The Hall–Kier alpha value is -0.690. The Balaban J connectivity index is 2.21. The van der Waals surface area contributed by atoms with Crippen molar-refractivity contribution < 1.29 is 0 Å². The molecule has 0 radical (unpaired) electrons. The second-order valence-corrected chi connectivity index (χ2v) is 4.70. The molecule has 1 aromatic carbocycles. The van der Waals surface area contributed by atoms with Gasteiger partial charge in [0.15, 0.2) is 0 Å². The van der Waals surface area contributed by atoms with E-state index >= 15 is 0 Å². The number of hydrogen-bond donors (Lipinski definition) is 0. The van der Waals surface area contributed by atoms with Crippen LogP contribution in [0.1, 0.15) is 24.0 Å². The molecule has 0 nitrogen and oxygen atoms in total. The Bertz CT molecular complexity index is 318. The molecule has 1 aromatic rings. The minimum Gasteiger partial charge on any atom is -0.131 e. The molecule has 0 N–H and O–H groups in total. The minimum absolute atomic E-state index is 1.28. The van der Waals surface area contributed by atoms with Gasteiger partial charge < -0.3 is 0 Å². The molecular formula is C12H14S. The van der Waals surface area contributed by atoms with Gasteiger partial charge in [-0.15, -0.1) is 11.8 Å². The summed E-state index contributed by atoms with van der Waals surface area (Å²) in [5, 5.41) is 0. The van der Waals surface area contributed by atoms with Crippen molar-refractivity contribution in [2.24, 2.45) is 0 Å². The molecular weight excluding hydrogens is 176 g/mol. The largest absolute Gasteiger partial charge is 0.131 e. The van der Waals surface area contributed by atoms with Gasteiger partial charge >= 0.3 is 0 Å². The van der Waals surface area contributed by atoms with Crippen molar-refractivity contribution in [2.75, 3.05) is 5.75 Å². The quantitative estimate of drug-likeness (QED) is 0.648. The molecule has 68 valence electrons. The zero-order valence-corrected chi connectivity index (χ0v) is 8.73. The van der Waals surface area contributed by atoms with E-state index in [0.29, 0.717) is 0 Å². The van der Waals surface area contributed by atoms with E-state index in [4.69, 9.17) is 0 Å². The lowest BCUT2D eigenvalue weighted by atomic mass is 10.1. The molecule has 0 bridgehead atoms. The Morgan fingerprint density at radius 2 is 2.31 bits per heavy atom. The van der Waals surface area contributed by atoms with Crippen LogP contribution in [-0.4, -0.2) is 5.75 Å². The van der Waals surface area contributed by atoms with E-state index in [2.05, 4.69) is 37.3 Å². The van der Waals surface area contributed by atoms with Crippen molar-refractivity contribution in [1.82, 2.24) is 0 Å². The first kappa shape index (κ1) is 8.89. The van der Waals surface area contributed by atoms with Crippen LogP contribution in [0, 0.1) is 6.92 Å². The number of hydrogen-bond acceptors (Lipinski definition) is 1. The van der Waals surface area contributed by atoms with E-state index in [0.717, 1.165) is 0 Å². The van der Waals surface area contributed by atoms with Crippen LogP contribution in [0.2, 0.25) is 0 Å². The fraction of sp³-hybridized carbons (Fsp3) is 0.333. The van der Waals surface area contributed by atoms with E-state index in [1.807, 2.05) is 11.8 Å². The molecule has 0 aliphatic carbocycles. The van der Waals surface area contributed by atoms with Crippen molar-refractivity contribution in [3.8, 4) is 0 Å². The first-order valence-electron chi connectivity index (χ1n) is 4.75.